The molecule has 0 spiro atoms. The summed E-state index contributed by atoms with van der Waals surface area (Å²) in [5, 5.41) is 0. The van der Waals surface area contributed by atoms with Crippen molar-refractivity contribution in [3.8, 4) is 11.5 Å². The third-order valence-electron chi connectivity index (χ3n) is 4.29. The largest absolute Gasteiger partial charge is 0.497 e. The maximum absolute atomic E-state index is 12.3. The van der Waals surface area contributed by atoms with Gasteiger partial charge in [-0.2, -0.15) is 0 Å². The number of carbonyl (C=O) groups excluding carboxylic acids is 2. The fourth-order valence-electron chi connectivity index (χ4n) is 2.68. The third kappa shape index (κ3) is 5.88. The number of benzene rings is 2. The Morgan fingerprint density at radius 2 is 1.73 bits per heavy atom. The molecule has 1 heterocycles. The minimum absolute atomic E-state index is 0.0184. The maximum atomic E-state index is 12.3. The van der Waals surface area contributed by atoms with Crippen LogP contribution in [0, 0.1) is 0 Å². The molecule has 7 heteroatoms. The molecule has 0 saturated heterocycles. The maximum Gasteiger partial charge on any atom is 0.374 e. The fraction of sp³-hybridized carbons (Fsp3) is 0.217. The van der Waals surface area contributed by atoms with E-state index in [1.807, 2.05) is 54.6 Å². The lowest BCUT2D eigenvalue weighted by molar-refractivity contribution is -0.133. The number of nitrogens with zero attached hydrogens (tertiary/aromatic N) is 1. The quantitative estimate of drug-likeness (QED) is 0.502. The molecule has 0 unspecified atom stereocenters. The molecule has 0 aliphatic carbocycles. The molecule has 1 aromatic heterocycles. The van der Waals surface area contributed by atoms with Gasteiger partial charge in [0.05, 0.1) is 7.11 Å². The summed E-state index contributed by atoms with van der Waals surface area (Å²) in [6.45, 7) is 0.171. The lowest BCUT2D eigenvalue weighted by atomic mass is 10.2. The van der Waals surface area contributed by atoms with Gasteiger partial charge in [-0.1, -0.05) is 30.3 Å². The predicted octanol–water partition coefficient (Wildman–Crippen LogP) is 3.68. The van der Waals surface area contributed by atoms with Gasteiger partial charge in [-0.25, -0.2) is 4.79 Å². The van der Waals surface area contributed by atoms with Crippen molar-refractivity contribution >= 4 is 11.9 Å². The Morgan fingerprint density at radius 1 is 0.967 bits per heavy atom. The van der Waals surface area contributed by atoms with Crippen molar-refractivity contribution < 1.29 is 28.2 Å². The Labute approximate surface area is 174 Å². The smallest absolute Gasteiger partial charge is 0.374 e. The van der Waals surface area contributed by atoms with Crippen LogP contribution in [-0.4, -0.2) is 37.5 Å². The standard InChI is InChI=1S/C23H23NO6/c1-24(14-17-7-6-10-19(13-17)27-2)22(25)16-29-23(26)21-12-11-20(30-21)15-28-18-8-4-3-5-9-18/h3-13H,14-16H2,1-2H3. The lowest BCUT2D eigenvalue weighted by Gasteiger charge is -2.17. The highest BCUT2D eigenvalue weighted by Crippen LogP contribution is 2.16. The number of carbonyl (C=O) groups is 2. The molecule has 0 bridgehead atoms. The van der Waals surface area contributed by atoms with Crippen LogP contribution in [0.25, 0.3) is 0 Å². The summed E-state index contributed by atoms with van der Waals surface area (Å²) in [5.74, 6) is 0.874. The van der Waals surface area contributed by atoms with Gasteiger partial charge in [-0.05, 0) is 42.0 Å². The Balaban J connectivity index is 1.46. The van der Waals surface area contributed by atoms with Crippen molar-refractivity contribution in [2.45, 2.75) is 13.2 Å². The van der Waals surface area contributed by atoms with E-state index in [0.29, 0.717) is 23.8 Å². The second-order valence-electron chi connectivity index (χ2n) is 6.55. The van der Waals surface area contributed by atoms with Crippen molar-refractivity contribution in [1.29, 1.82) is 0 Å². The van der Waals surface area contributed by atoms with Crippen molar-refractivity contribution in [2.24, 2.45) is 0 Å². The van der Waals surface area contributed by atoms with Crippen molar-refractivity contribution in [3.63, 3.8) is 0 Å². The molecule has 0 saturated carbocycles. The molecule has 7 nitrogen and oxygen atoms in total. The van der Waals surface area contributed by atoms with Gasteiger partial charge in [0, 0.05) is 13.6 Å². The van der Waals surface area contributed by atoms with Crippen LogP contribution in [0.4, 0.5) is 0 Å². The molecule has 0 fully saturated rings. The van der Waals surface area contributed by atoms with Crippen molar-refractivity contribution in [3.05, 3.63) is 83.8 Å². The van der Waals surface area contributed by atoms with Gasteiger partial charge in [0.1, 0.15) is 23.9 Å². The highest BCUT2D eigenvalue weighted by Gasteiger charge is 2.17. The van der Waals surface area contributed by atoms with Gasteiger partial charge in [-0.3, -0.25) is 4.79 Å². The number of amides is 1. The van der Waals surface area contributed by atoms with Gasteiger partial charge in [0.2, 0.25) is 5.76 Å². The normalized spacial score (nSPS) is 10.3. The molecule has 0 N–H and O–H groups in total. The molecule has 1 amide bonds. The molecule has 2 aromatic carbocycles. The minimum Gasteiger partial charge on any atom is -0.497 e. The molecule has 0 aliphatic rings. The Bertz CT molecular complexity index is 982. The van der Waals surface area contributed by atoms with E-state index in [0.717, 1.165) is 5.56 Å². The number of rotatable bonds is 9. The number of hydrogen-bond donors (Lipinski definition) is 0. The number of furan rings is 1. The second kappa shape index (κ2) is 10.2. The van der Waals surface area contributed by atoms with Crippen LogP contribution in [0.3, 0.4) is 0 Å². The summed E-state index contributed by atoms with van der Waals surface area (Å²) in [5.41, 5.74) is 0.908. The number of likely N-dealkylation sites (N-methyl/N-ethyl adjacent to an activating group) is 1. The Morgan fingerprint density at radius 3 is 2.50 bits per heavy atom. The summed E-state index contributed by atoms with van der Waals surface area (Å²) >= 11 is 0. The zero-order chi connectivity index (χ0) is 21.3. The summed E-state index contributed by atoms with van der Waals surface area (Å²) in [7, 11) is 3.23. The minimum atomic E-state index is -0.705. The van der Waals surface area contributed by atoms with E-state index in [1.165, 1.54) is 11.0 Å². The van der Waals surface area contributed by atoms with Crippen LogP contribution in [0.15, 0.2) is 71.1 Å². The van der Waals surface area contributed by atoms with Crippen LogP contribution in [0.1, 0.15) is 21.9 Å². The van der Waals surface area contributed by atoms with Gasteiger partial charge < -0.3 is 23.5 Å². The van der Waals surface area contributed by atoms with E-state index in [1.54, 1.807) is 20.2 Å². The van der Waals surface area contributed by atoms with Gasteiger partial charge >= 0.3 is 5.97 Å². The first-order valence-corrected chi connectivity index (χ1v) is 9.35. The first-order valence-electron chi connectivity index (χ1n) is 9.35. The highest BCUT2D eigenvalue weighted by molar-refractivity contribution is 5.88. The molecule has 0 atom stereocenters. The molecular formula is C23H23NO6. The van der Waals surface area contributed by atoms with Crippen LogP contribution < -0.4 is 9.47 Å². The average Bonchev–Trinajstić information content (AvgIpc) is 3.26. The zero-order valence-electron chi connectivity index (χ0n) is 16.9. The van der Waals surface area contributed by atoms with Crippen LogP contribution in [0.2, 0.25) is 0 Å². The molecule has 30 heavy (non-hydrogen) atoms. The monoisotopic (exact) mass is 409 g/mol. The number of ether oxygens (including phenoxy) is 3. The van der Waals surface area contributed by atoms with Gasteiger partial charge in [0.15, 0.2) is 6.61 Å². The SMILES string of the molecule is COc1cccc(CN(C)C(=O)COC(=O)c2ccc(COc3ccccc3)o2)c1. The van der Waals surface area contributed by atoms with Gasteiger partial charge in [-0.15, -0.1) is 0 Å². The van der Waals surface area contributed by atoms with E-state index in [4.69, 9.17) is 18.6 Å². The van der Waals surface area contributed by atoms with Crippen molar-refractivity contribution in [1.82, 2.24) is 4.90 Å². The number of esters is 1. The van der Waals surface area contributed by atoms with E-state index in [-0.39, 0.29) is 24.9 Å². The van der Waals surface area contributed by atoms with E-state index in [2.05, 4.69) is 0 Å². The molecule has 156 valence electrons. The molecule has 3 aromatic rings. The molecule has 3 rings (SSSR count). The Kier molecular flexibility index (Phi) is 7.10. The van der Waals surface area contributed by atoms with E-state index >= 15 is 0 Å². The number of para-hydroxylation sites is 1. The van der Waals surface area contributed by atoms with Gasteiger partial charge in [0.25, 0.3) is 5.91 Å². The first-order chi connectivity index (χ1) is 14.5. The van der Waals surface area contributed by atoms with Crippen LogP contribution >= 0.6 is 0 Å². The topological polar surface area (TPSA) is 78.2 Å². The zero-order valence-corrected chi connectivity index (χ0v) is 16.9. The molecule has 0 radical (unpaired) electrons. The molecular weight excluding hydrogens is 386 g/mol. The second-order valence-corrected chi connectivity index (χ2v) is 6.55. The summed E-state index contributed by atoms with van der Waals surface area (Å²) in [4.78, 5) is 25.9. The highest BCUT2D eigenvalue weighted by atomic mass is 16.6. The number of methoxy groups -OCH3 is 1. The lowest BCUT2D eigenvalue weighted by Crippen LogP contribution is -2.30. The Hall–Kier alpha value is -3.74. The summed E-state index contributed by atoms with van der Waals surface area (Å²) in [6, 6.07) is 19.8. The molecule has 0 aliphatic heterocycles. The summed E-state index contributed by atoms with van der Waals surface area (Å²) in [6.07, 6.45) is 0. The average molecular weight is 409 g/mol. The van der Waals surface area contributed by atoms with Crippen LogP contribution in [-0.2, 0) is 22.7 Å². The first kappa shape index (κ1) is 21.0. The van der Waals surface area contributed by atoms with E-state index < -0.39 is 5.97 Å². The summed E-state index contributed by atoms with van der Waals surface area (Å²) < 4.78 is 21.3. The predicted molar refractivity (Wildman–Crippen MR) is 109 cm³/mol. The van der Waals surface area contributed by atoms with E-state index in [9.17, 15) is 9.59 Å². The number of hydrogen-bond acceptors (Lipinski definition) is 6. The van der Waals surface area contributed by atoms with Crippen LogP contribution in [0.5, 0.6) is 11.5 Å². The third-order valence-corrected chi connectivity index (χ3v) is 4.29. The van der Waals surface area contributed by atoms with Crippen molar-refractivity contribution in [2.75, 3.05) is 20.8 Å². The fourth-order valence-corrected chi connectivity index (χ4v) is 2.68.